The van der Waals surface area contributed by atoms with E-state index in [1.807, 2.05) is 12.1 Å². The zero-order valence-corrected chi connectivity index (χ0v) is 13.5. The number of methoxy groups -OCH3 is 1. The highest BCUT2D eigenvalue weighted by molar-refractivity contribution is 9.10. The van der Waals surface area contributed by atoms with Crippen molar-refractivity contribution in [3.05, 3.63) is 28.4 Å². The van der Waals surface area contributed by atoms with Crippen LogP contribution in [-0.4, -0.2) is 18.6 Å². The number of hydrogen-bond donors (Lipinski definition) is 1. The van der Waals surface area contributed by atoms with Crippen LogP contribution in [0.3, 0.4) is 0 Å². The molecule has 0 saturated heterocycles. The fourth-order valence-corrected chi connectivity index (χ4v) is 2.98. The van der Waals surface area contributed by atoms with Gasteiger partial charge in [-0.1, -0.05) is 22.9 Å². The minimum Gasteiger partial charge on any atom is -0.494 e. The van der Waals surface area contributed by atoms with Crippen LogP contribution >= 0.6 is 15.9 Å². The molecule has 1 heterocycles. The fourth-order valence-electron chi connectivity index (χ4n) is 2.45. The molecule has 3 rings (SSSR count). The van der Waals surface area contributed by atoms with Crippen molar-refractivity contribution >= 4 is 32.5 Å². The summed E-state index contributed by atoms with van der Waals surface area (Å²) < 4.78 is 6.54. The van der Waals surface area contributed by atoms with Crippen LogP contribution in [0.25, 0.3) is 10.9 Å². The summed E-state index contributed by atoms with van der Waals surface area (Å²) in [6, 6.07) is 6.20. The second-order valence-corrected chi connectivity index (χ2v) is 6.12. The molecule has 1 aromatic carbocycles. The minimum absolute atomic E-state index is 0.630. The van der Waals surface area contributed by atoms with E-state index in [9.17, 15) is 0 Å². The highest BCUT2D eigenvalue weighted by Crippen LogP contribution is 2.43. The average molecular weight is 335 g/mol. The molecule has 1 N–H and O–H groups in total. The Bertz CT molecular complexity index is 638. The van der Waals surface area contributed by atoms with Gasteiger partial charge in [0.05, 0.1) is 7.11 Å². The van der Waals surface area contributed by atoms with Crippen molar-refractivity contribution in [2.24, 2.45) is 0 Å². The fraction of sp³-hybridized carbons (Fsp3) is 0.438. The van der Waals surface area contributed by atoms with Gasteiger partial charge in [-0.05, 0) is 37.5 Å². The van der Waals surface area contributed by atoms with Crippen molar-refractivity contribution < 1.29 is 4.74 Å². The van der Waals surface area contributed by atoms with Gasteiger partial charge in [0.25, 0.3) is 0 Å². The predicted molar refractivity (Wildman–Crippen MR) is 86.8 cm³/mol. The first-order valence-corrected chi connectivity index (χ1v) is 7.95. The molecule has 3 nitrogen and oxygen atoms in total. The lowest BCUT2D eigenvalue weighted by Crippen LogP contribution is -2.03. The summed E-state index contributed by atoms with van der Waals surface area (Å²) in [4.78, 5) is 4.84. The molecule has 0 bridgehead atoms. The van der Waals surface area contributed by atoms with Crippen molar-refractivity contribution in [1.82, 2.24) is 4.98 Å². The first-order valence-electron chi connectivity index (χ1n) is 7.15. The molecular weight excluding hydrogens is 316 g/mol. The van der Waals surface area contributed by atoms with Gasteiger partial charge < -0.3 is 10.1 Å². The summed E-state index contributed by atoms with van der Waals surface area (Å²) in [5.74, 6) is 1.47. The van der Waals surface area contributed by atoms with Crippen LogP contribution in [0, 0.1) is 0 Å². The molecule has 0 atom stereocenters. The number of ether oxygens (including phenoxy) is 1. The van der Waals surface area contributed by atoms with Crippen LogP contribution in [0.1, 0.15) is 37.8 Å². The summed E-state index contributed by atoms with van der Waals surface area (Å²) in [6.45, 7) is 3.14. The molecule has 4 heteroatoms. The summed E-state index contributed by atoms with van der Waals surface area (Å²) in [7, 11) is 1.70. The van der Waals surface area contributed by atoms with Crippen LogP contribution in [0.5, 0.6) is 5.75 Å². The molecule has 0 unspecified atom stereocenters. The minimum atomic E-state index is 0.630. The molecule has 0 spiro atoms. The average Bonchev–Trinajstić information content (AvgIpc) is 3.29. The second kappa shape index (κ2) is 5.60. The molecule has 0 amide bonds. The van der Waals surface area contributed by atoms with Crippen molar-refractivity contribution in [1.29, 1.82) is 0 Å². The predicted octanol–water partition coefficient (Wildman–Crippen LogP) is 4.71. The Morgan fingerprint density at radius 3 is 2.85 bits per heavy atom. The molecule has 2 aromatic rings. The Balaban J connectivity index is 2.21. The highest BCUT2D eigenvalue weighted by Gasteiger charge is 2.26. The lowest BCUT2D eigenvalue weighted by Gasteiger charge is -2.14. The van der Waals surface area contributed by atoms with E-state index in [4.69, 9.17) is 9.72 Å². The Kier molecular flexibility index (Phi) is 3.83. The third-order valence-corrected chi connectivity index (χ3v) is 4.33. The van der Waals surface area contributed by atoms with Crippen molar-refractivity contribution in [2.45, 2.75) is 32.1 Å². The normalized spacial score (nSPS) is 14.6. The number of aromatic nitrogens is 1. The number of pyridine rings is 1. The van der Waals surface area contributed by atoms with Gasteiger partial charge in [0.1, 0.15) is 11.3 Å². The van der Waals surface area contributed by atoms with E-state index in [-0.39, 0.29) is 0 Å². The number of nitrogens with zero attached hydrogens (tertiary/aromatic N) is 1. The Morgan fingerprint density at radius 1 is 1.40 bits per heavy atom. The van der Waals surface area contributed by atoms with E-state index in [2.05, 4.69) is 34.2 Å². The maximum absolute atomic E-state index is 5.49. The third kappa shape index (κ3) is 2.49. The van der Waals surface area contributed by atoms with Crippen LogP contribution in [-0.2, 0) is 0 Å². The van der Waals surface area contributed by atoms with Crippen LogP contribution in [0.15, 0.2) is 22.7 Å². The zero-order chi connectivity index (χ0) is 14.1. The van der Waals surface area contributed by atoms with Crippen LogP contribution < -0.4 is 10.1 Å². The standard InChI is InChI=1S/C16H19BrN2O/c1-3-8-18-13-9-12(10-4-5-10)19-16-14(20-2)7-6-11(17)15(13)16/h6-7,9-10H,3-5,8H2,1-2H3,(H,18,19). The summed E-state index contributed by atoms with van der Waals surface area (Å²) in [5.41, 5.74) is 3.29. The Hall–Kier alpha value is -1.29. The van der Waals surface area contributed by atoms with E-state index < -0.39 is 0 Å². The van der Waals surface area contributed by atoms with E-state index in [1.165, 1.54) is 18.5 Å². The largest absolute Gasteiger partial charge is 0.494 e. The van der Waals surface area contributed by atoms with Crippen LogP contribution in [0.4, 0.5) is 5.69 Å². The number of halogens is 1. The number of fused-ring (bicyclic) bond motifs is 1. The number of rotatable bonds is 5. The van der Waals surface area contributed by atoms with Crippen molar-refractivity contribution in [3.8, 4) is 5.75 Å². The molecule has 1 aliphatic carbocycles. The number of hydrogen-bond acceptors (Lipinski definition) is 3. The van der Waals surface area contributed by atoms with Gasteiger partial charge in [-0.25, -0.2) is 4.98 Å². The smallest absolute Gasteiger partial charge is 0.145 e. The number of anilines is 1. The topological polar surface area (TPSA) is 34.2 Å². The second-order valence-electron chi connectivity index (χ2n) is 5.27. The van der Waals surface area contributed by atoms with E-state index in [1.54, 1.807) is 7.11 Å². The van der Waals surface area contributed by atoms with E-state index in [0.717, 1.165) is 39.8 Å². The number of nitrogens with one attached hydrogen (secondary N) is 1. The highest BCUT2D eigenvalue weighted by atomic mass is 79.9. The zero-order valence-electron chi connectivity index (χ0n) is 11.9. The SMILES string of the molecule is CCCNc1cc(C2CC2)nc2c(OC)ccc(Br)c12. The lowest BCUT2D eigenvalue weighted by molar-refractivity contribution is 0.418. The van der Waals surface area contributed by atoms with Crippen molar-refractivity contribution in [3.63, 3.8) is 0 Å². The molecule has 106 valence electrons. The van der Waals surface area contributed by atoms with Gasteiger partial charge in [0.2, 0.25) is 0 Å². The first kappa shape index (κ1) is 13.7. The Morgan fingerprint density at radius 2 is 2.20 bits per heavy atom. The molecule has 1 saturated carbocycles. The summed E-state index contributed by atoms with van der Waals surface area (Å²) in [5, 5.41) is 4.64. The molecule has 1 fully saturated rings. The molecule has 1 aliphatic rings. The van der Waals surface area contributed by atoms with Crippen LogP contribution in [0.2, 0.25) is 0 Å². The van der Waals surface area contributed by atoms with Gasteiger partial charge in [-0.15, -0.1) is 0 Å². The molecule has 20 heavy (non-hydrogen) atoms. The van der Waals surface area contributed by atoms with Crippen molar-refractivity contribution in [2.75, 3.05) is 19.0 Å². The molecule has 0 radical (unpaired) electrons. The van der Waals surface area contributed by atoms with E-state index >= 15 is 0 Å². The summed E-state index contributed by atoms with van der Waals surface area (Å²) >= 11 is 3.64. The lowest BCUT2D eigenvalue weighted by atomic mass is 10.1. The van der Waals surface area contributed by atoms with Gasteiger partial charge in [-0.3, -0.25) is 0 Å². The molecule has 1 aromatic heterocycles. The van der Waals surface area contributed by atoms with Gasteiger partial charge in [0.15, 0.2) is 0 Å². The van der Waals surface area contributed by atoms with Gasteiger partial charge in [0, 0.05) is 33.7 Å². The van der Waals surface area contributed by atoms with Gasteiger partial charge >= 0.3 is 0 Å². The van der Waals surface area contributed by atoms with Gasteiger partial charge in [-0.2, -0.15) is 0 Å². The quantitative estimate of drug-likeness (QED) is 0.860. The summed E-state index contributed by atoms with van der Waals surface area (Å²) in [6.07, 6.45) is 3.61. The maximum Gasteiger partial charge on any atom is 0.145 e. The van der Waals surface area contributed by atoms with E-state index in [0.29, 0.717) is 5.92 Å². The first-order chi connectivity index (χ1) is 9.74. The molecular formula is C16H19BrN2O. The number of benzene rings is 1. The maximum atomic E-state index is 5.49. The Labute approximate surface area is 127 Å². The third-order valence-electron chi connectivity index (χ3n) is 3.67. The monoisotopic (exact) mass is 334 g/mol. The molecule has 0 aliphatic heterocycles.